The van der Waals surface area contributed by atoms with Crippen LogP contribution in [-0.2, 0) is 0 Å². The molecule has 0 radical (unpaired) electrons. The lowest BCUT2D eigenvalue weighted by molar-refractivity contribution is 0.0605. The molecule has 2 aromatic carbocycles. The maximum atomic E-state index is 13.1. The van der Waals surface area contributed by atoms with Crippen molar-refractivity contribution < 1.29 is 18.7 Å². The predicted molar refractivity (Wildman–Crippen MR) is 102 cm³/mol. The molecule has 1 aliphatic rings. The highest BCUT2D eigenvalue weighted by Gasteiger charge is 2.28. The van der Waals surface area contributed by atoms with Gasteiger partial charge in [0, 0.05) is 37.8 Å². The van der Waals surface area contributed by atoms with Gasteiger partial charge in [-0.2, -0.15) is 5.26 Å². The fourth-order valence-corrected chi connectivity index (χ4v) is 3.31. The van der Waals surface area contributed by atoms with Gasteiger partial charge in [0.1, 0.15) is 23.4 Å². The molecule has 0 N–H and O–H groups in total. The number of benzene rings is 2. The van der Waals surface area contributed by atoms with E-state index in [1.807, 2.05) is 4.90 Å². The van der Waals surface area contributed by atoms with Crippen molar-refractivity contribution in [3.63, 3.8) is 0 Å². The van der Waals surface area contributed by atoms with Crippen LogP contribution >= 0.6 is 0 Å². The number of methoxy groups -OCH3 is 2. The van der Waals surface area contributed by atoms with Gasteiger partial charge in [-0.15, -0.1) is 0 Å². The van der Waals surface area contributed by atoms with E-state index in [0.717, 1.165) is 5.56 Å². The molecule has 0 aromatic heterocycles. The molecule has 7 heteroatoms. The van der Waals surface area contributed by atoms with E-state index < -0.39 is 6.04 Å². The Morgan fingerprint density at radius 3 is 2.11 bits per heavy atom. The number of rotatable bonds is 5. The first kappa shape index (κ1) is 19.6. The number of nitriles is 1. The standard InChI is InChI=1S/C21H22FN3O3/c1-27-18-11-16(12-19(13-18)28-2)21(26)25-9-7-24(8-10-25)20(14-23)15-3-5-17(22)6-4-15/h3-6,11-13,20H,7-10H2,1-2H3/t20-/m1/s1. The van der Waals surface area contributed by atoms with Gasteiger partial charge >= 0.3 is 0 Å². The number of hydrogen-bond acceptors (Lipinski definition) is 5. The Balaban J connectivity index is 1.68. The topological polar surface area (TPSA) is 65.8 Å². The Hall–Kier alpha value is -3.11. The summed E-state index contributed by atoms with van der Waals surface area (Å²) in [4.78, 5) is 16.6. The zero-order valence-corrected chi connectivity index (χ0v) is 15.9. The first-order chi connectivity index (χ1) is 13.5. The van der Waals surface area contributed by atoms with Crippen LogP contribution < -0.4 is 9.47 Å². The molecule has 28 heavy (non-hydrogen) atoms. The van der Waals surface area contributed by atoms with Gasteiger partial charge in [-0.25, -0.2) is 4.39 Å². The van der Waals surface area contributed by atoms with Crippen molar-refractivity contribution in [2.45, 2.75) is 6.04 Å². The van der Waals surface area contributed by atoms with Crippen molar-refractivity contribution in [3.05, 3.63) is 59.4 Å². The lowest BCUT2D eigenvalue weighted by Gasteiger charge is -2.37. The second-order valence-electron chi connectivity index (χ2n) is 6.51. The number of carbonyl (C=O) groups is 1. The van der Waals surface area contributed by atoms with Gasteiger partial charge in [-0.3, -0.25) is 9.69 Å². The summed E-state index contributed by atoms with van der Waals surface area (Å²) in [5.41, 5.74) is 1.25. The van der Waals surface area contributed by atoms with E-state index in [4.69, 9.17) is 9.47 Å². The molecule has 0 unspecified atom stereocenters. The van der Waals surface area contributed by atoms with Crippen LogP contribution in [0, 0.1) is 17.1 Å². The minimum absolute atomic E-state index is 0.105. The number of halogens is 1. The summed E-state index contributed by atoms with van der Waals surface area (Å²) in [6, 6.07) is 12.9. The van der Waals surface area contributed by atoms with Crippen molar-refractivity contribution in [2.24, 2.45) is 0 Å². The number of hydrogen-bond donors (Lipinski definition) is 0. The van der Waals surface area contributed by atoms with E-state index in [9.17, 15) is 14.4 Å². The third-order valence-electron chi connectivity index (χ3n) is 4.87. The highest BCUT2D eigenvalue weighted by molar-refractivity contribution is 5.95. The molecule has 1 atom stereocenters. The summed E-state index contributed by atoms with van der Waals surface area (Å²) in [5, 5.41) is 9.58. The molecule has 1 amide bonds. The van der Waals surface area contributed by atoms with Crippen molar-refractivity contribution in [1.82, 2.24) is 9.80 Å². The SMILES string of the molecule is COc1cc(OC)cc(C(=O)N2CCN([C@H](C#N)c3ccc(F)cc3)CC2)c1. The van der Waals surface area contributed by atoms with E-state index >= 15 is 0 Å². The monoisotopic (exact) mass is 383 g/mol. The first-order valence-electron chi connectivity index (χ1n) is 8.97. The van der Waals surface area contributed by atoms with E-state index in [2.05, 4.69) is 6.07 Å². The van der Waals surface area contributed by atoms with Gasteiger partial charge in [0.05, 0.1) is 20.3 Å². The zero-order valence-electron chi connectivity index (χ0n) is 15.9. The van der Waals surface area contributed by atoms with Crippen molar-refractivity contribution >= 4 is 5.91 Å². The predicted octanol–water partition coefficient (Wildman–Crippen LogP) is 2.87. The second-order valence-corrected chi connectivity index (χ2v) is 6.51. The minimum Gasteiger partial charge on any atom is -0.497 e. The summed E-state index contributed by atoms with van der Waals surface area (Å²) in [6.07, 6.45) is 0. The van der Waals surface area contributed by atoms with E-state index in [-0.39, 0.29) is 11.7 Å². The maximum Gasteiger partial charge on any atom is 0.254 e. The number of nitrogens with zero attached hydrogens (tertiary/aromatic N) is 3. The fraction of sp³-hybridized carbons (Fsp3) is 0.333. The van der Waals surface area contributed by atoms with Crippen LogP contribution in [0.15, 0.2) is 42.5 Å². The van der Waals surface area contributed by atoms with Gasteiger partial charge in [-0.05, 0) is 29.8 Å². The van der Waals surface area contributed by atoms with Crippen LogP contribution in [0.3, 0.4) is 0 Å². The van der Waals surface area contributed by atoms with Crippen LogP contribution in [0.2, 0.25) is 0 Å². The smallest absolute Gasteiger partial charge is 0.254 e. The van der Waals surface area contributed by atoms with Crippen LogP contribution in [0.5, 0.6) is 11.5 Å². The maximum absolute atomic E-state index is 13.1. The average Bonchev–Trinajstić information content (AvgIpc) is 2.75. The first-order valence-corrected chi connectivity index (χ1v) is 8.97. The lowest BCUT2D eigenvalue weighted by Crippen LogP contribution is -2.49. The molecule has 0 saturated carbocycles. The van der Waals surface area contributed by atoms with Crippen molar-refractivity contribution in [2.75, 3.05) is 40.4 Å². The molecule has 3 rings (SSSR count). The Morgan fingerprint density at radius 1 is 1.04 bits per heavy atom. The Bertz CT molecular complexity index is 849. The molecule has 6 nitrogen and oxygen atoms in total. The normalized spacial score (nSPS) is 15.6. The van der Waals surface area contributed by atoms with E-state index in [1.165, 1.54) is 12.1 Å². The molecule has 0 aliphatic carbocycles. The lowest BCUT2D eigenvalue weighted by atomic mass is 10.1. The molecular formula is C21H22FN3O3. The van der Waals surface area contributed by atoms with Crippen LogP contribution in [-0.4, -0.2) is 56.1 Å². The molecule has 1 fully saturated rings. The van der Waals surface area contributed by atoms with Crippen LogP contribution in [0.1, 0.15) is 22.0 Å². The third-order valence-corrected chi connectivity index (χ3v) is 4.87. The molecule has 0 spiro atoms. The van der Waals surface area contributed by atoms with Crippen LogP contribution in [0.25, 0.3) is 0 Å². The molecule has 0 bridgehead atoms. The molecule has 1 aliphatic heterocycles. The zero-order chi connectivity index (χ0) is 20.1. The number of carbonyl (C=O) groups excluding carboxylic acids is 1. The summed E-state index contributed by atoms with van der Waals surface area (Å²) < 4.78 is 23.6. The Morgan fingerprint density at radius 2 is 1.61 bits per heavy atom. The molecule has 1 saturated heterocycles. The van der Waals surface area contributed by atoms with E-state index in [0.29, 0.717) is 43.2 Å². The molecule has 1 heterocycles. The van der Waals surface area contributed by atoms with Gasteiger partial charge in [0.15, 0.2) is 0 Å². The number of amides is 1. The summed E-state index contributed by atoms with van der Waals surface area (Å²) in [5.74, 6) is 0.682. The second kappa shape index (κ2) is 8.72. The number of piperazine rings is 1. The molecule has 2 aromatic rings. The highest BCUT2D eigenvalue weighted by atomic mass is 19.1. The van der Waals surface area contributed by atoms with E-state index in [1.54, 1.807) is 49.5 Å². The Kier molecular flexibility index (Phi) is 6.12. The fourth-order valence-electron chi connectivity index (χ4n) is 3.31. The largest absolute Gasteiger partial charge is 0.497 e. The molecule has 146 valence electrons. The number of ether oxygens (including phenoxy) is 2. The average molecular weight is 383 g/mol. The Labute approximate surface area is 163 Å². The van der Waals surface area contributed by atoms with Crippen molar-refractivity contribution in [3.8, 4) is 17.6 Å². The summed E-state index contributed by atoms with van der Waals surface area (Å²) in [6.45, 7) is 2.11. The quantitative estimate of drug-likeness (QED) is 0.794. The highest BCUT2D eigenvalue weighted by Crippen LogP contribution is 2.25. The summed E-state index contributed by atoms with van der Waals surface area (Å²) >= 11 is 0. The van der Waals surface area contributed by atoms with Crippen LogP contribution in [0.4, 0.5) is 4.39 Å². The molecular weight excluding hydrogens is 361 g/mol. The summed E-state index contributed by atoms with van der Waals surface area (Å²) in [7, 11) is 3.08. The third kappa shape index (κ3) is 4.24. The van der Waals surface area contributed by atoms with Gasteiger partial charge in [0.25, 0.3) is 5.91 Å². The van der Waals surface area contributed by atoms with Gasteiger partial charge in [0.2, 0.25) is 0 Å². The van der Waals surface area contributed by atoms with Crippen molar-refractivity contribution in [1.29, 1.82) is 5.26 Å². The van der Waals surface area contributed by atoms with Gasteiger partial charge in [-0.1, -0.05) is 12.1 Å². The minimum atomic E-state index is -0.463. The van der Waals surface area contributed by atoms with Gasteiger partial charge < -0.3 is 14.4 Å².